The monoisotopic (exact) mass is 367 g/mol. The lowest BCUT2D eigenvalue weighted by Crippen LogP contribution is -2.28. The van der Waals surface area contributed by atoms with Crippen LogP contribution in [0.1, 0.15) is 54.5 Å². The fourth-order valence-corrected chi connectivity index (χ4v) is 2.85. The standard InChI is InChI=1S/C20H25N5O2/c1-13(2)16-10-18(24(4)23-16)20(26)22-14(3)15-11-21-25(12-15)17-8-6-7-9-19(17)27-5/h6-14H,1-5H3,(H,22,26)/t14-/m0/s1. The van der Waals surface area contributed by atoms with Gasteiger partial charge in [0.05, 0.1) is 25.0 Å². The maximum atomic E-state index is 12.6. The van der Waals surface area contributed by atoms with Gasteiger partial charge in [0, 0.05) is 18.8 Å². The van der Waals surface area contributed by atoms with Crippen molar-refractivity contribution in [1.82, 2.24) is 24.9 Å². The molecule has 3 aromatic rings. The Balaban J connectivity index is 1.76. The molecule has 0 aliphatic heterocycles. The molecule has 3 rings (SSSR count). The molecule has 0 spiro atoms. The van der Waals surface area contributed by atoms with Gasteiger partial charge in [0.1, 0.15) is 17.1 Å². The van der Waals surface area contributed by atoms with Crippen LogP contribution in [0.2, 0.25) is 0 Å². The van der Waals surface area contributed by atoms with E-state index in [1.165, 1.54) is 0 Å². The number of nitrogens with zero attached hydrogens (tertiary/aromatic N) is 4. The Morgan fingerprint density at radius 3 is 2.63 bits per heavy atom. The number of carbonyl (C=O) groups excluding carboxylic acids is 1. The summed E-state index contributed by atoms with van der Waals surface area (Å²) in [6.45, 7) is 6.04. The first kappa shape index (κ1) is 18.7. The molecule has 1 N–H and O–H groups in total. The highest BCUT2D eigenvalue weighted by Gasteiger charge is 2.18. The lowest BCUT2D eigenvalue weighted by Gasteiger charge is -2.12. The molecule has 0 bridgehead atoms. The SMILES string of the molecule is COc1ccccc1-n1cc([C@H](C)NC(=O)c2cc(C(C)C)nn2C)cn1. The molecule has 2 heterocycles. The molecule has 7 nitrogen and oxygen atoms in total. The van der Waals surface area contributed by atoms with E-state index < -0.39 is 0 Å². The molecule has 2 aromatic heterocycles. The van der Waals surface area contributed by atoms with E-state index in [1.54, 1.807) is 29.7 Å². The summed E-state index contributed by atoms with van der Waals surface area (Å²) in [6, 6.07) is 9.30. The zero-order chi connectivity index (χ0) is 19.6. The molecule has 1 atom stereocenters. The van der Waals surface area contributed by atoms with Crippen LogP contribution < -0.4 is 10.1 Å². The topological polar surface area (TPSA) is 74.0 Å². The number of amides is 1. The molecule has 0 radical (unpaired) electrons. The predicted octanol–water partition coefficient (Wildman–Crippen LogP) is 3.23. The Bertz CT molecular complexity index is 942. The van der Waals surface area contributed by atoms with Gasteiger partial charge in [0.2, 0.25) is 0 Å². The zero-order valence-corrected chi connectivity index (χ0v) is 16.3. The molecule has 1 amide bonds. The van der Waals surface area contributed by atoms with Crippen LogP contribution in [0.5, 0.6) is 5.75 Å². The summed E-state index contributed by atoms with van der Waals surface area (Å²) in [5.41, 5.74) is 3.19. The van der Waals surface area contributed by atoms with E-state index >= 15 is 0 Å². The number of hydrogen-bond donors (Lipinski definition) is 1. The van der Waals surface area contributed by atoms with Crippen molar-refractivity contribution in [3.8, 4) is 11.4 Å². The molecular weight excluding hydrogens is 342 g/mol. The quantitative estimate of drug-likeness (QED) is 0.726. The highest BCUT2D eigenvalue weighted by molar-refractivity contribution is 5.92. The number of hydrogen-bond acceptors (Lipinski definition) is 4. The summed E-state index contributed by atoms with van der Waals surface area (Å²) >= 11 is 0. The van der Waals surface area contributed by atoms with Crippen LogP contribution in [0.4, 0.5) is 0 Å². The number of para-hydroxylation sites is 2. The second kappa shape index (κ2) is 7.65. The van der Waals surface area contributed by atoms with E-state index in [0.717, 1.165) is 22.7 Å². The van der Waals surface area contributed by atoms with Crippen molar-refractivity contribution in [2.45, 2.75) is 32.7 Å². The Morgan fingerprint density at radius 1 is 1.22 bits per heavy atom. The largest absolute Gasteiger partial charge is 0.494 e. The maximum Gasteiger partial charge on any atom is 0.270 e. The highest BCUT2D eigenvalue weighted by atomic mass is 16.5. The summed E-state index contributed by atoms with van der Waals surface area (Å²) in [5, 5.41) is 11.8. The molecule has 0 fully saturated rings. The minimum absolute atomic E-state index is 0.158. The third-order valence-electron chi connectivity index (χ3n) is 4.51. The van der Waals surface area contributed by atoms with Gasteiger partial charge in [-0.25, -0.2) is 4.68 Å². The predicted molar refractivity (Wildman–Crippen MR) is 103 cm³/mol. The summed E-state index contributed by atoms with van der Waals surface area (Å²) in [5.74, 6) is 0.851. The van der Waals surface area contributed by atoms with Crippen LogP contribution in [0.3, 0.4) is 0 Å². The second-order valence-corrected chi connectivity index (χ2v) is 6.82. The van der Waals surface area contributed by atoms with E-state index in [-0.39, 0.29) is 17.9 Å². The Labute approximate surface area is 159 Å². The van der Waals surface area contributed by atoms with Gasteiger partial charge >= 0.3 is 0 Å². The third-order valence-corrected chi connectivity index (χ3v) is 4.51. The van der Waals surface area contributed by atoms with Crippen molar-refractivity contribution < 1.29 is 9.53 Å². The van der Waals surface area contributed by atoms with Crippen molar-refractivity contribution in [2.24, 2.45) is 7.05 Å². The van der Waals surface area contributed by atoms with E-state index in [1.807, 2.05) is 43.5 Å². The molecule has 0 saturated heterocycles. The van der Waals surface area contributed by atoms with Crippen molar-refractivity contribution in [1.29, 1.82) is 0 Å². The van der Waals surface area contributed by atoms with E-state index in [0.29, 0.717) is 5.69 Å². The van der Waals surface area contributed by atoms with Crippen LogP contribution in [-0.2, 0) is 7.05 Å². The summed E-state index contributed by atoms with van der Waals surface area (Å²) in [6.07, 6.45) is 3.64. The number of carbonyl (C=O) groups is 1. The van der Waals surface area contributed by atoms with Gasteiger partial charge in [0.15, 0.2) is 0 Å². The van der Waals surface area contributed by atoms with Crippen LogP contribution in [0.25, 0.3) is 5.69 Å². The van der Waals surface area contributed by atoms with E-state index in [2.05, 4.69) is 29.4 Å². The first-order valence-corrected chi connectivity index (χ1v) is 8.93. The van der Waals surface area contributed by atoms with Crippen molar-refractivity contribution in [3.63, 3.8) is 0 Å². The van der Waals surface area contributed by atoms with Gasteiger partial charge in [-0.15, -0.1) is 0 Å². The minimum atomic E-state index is -0.196. The molecule has 7 heteroatoms. The fraction of sp³-hybridized carbons (Fsp3) is 0.350. The number of rotatable bonds is 6. The number of methoxy groups -OCH3 is 1. The number of ether oxygens (including phenoxy) is 1. The molecule has 0 saturated carbocycles. The zero-order valence-electron chi connectivity index (χ0n) is 16.3. The Morgan fingerprint density at radius 2 is 1.96 bits per heavy atom. The summed E-state index contributed by atoms with van der Waals surface area (Å²) < 4.78 is 8.75. The molecule has 142 valence electrons. The fourth-order valence-electron chi connectivity index (χ4n) is 2.85. The average Bonchev–Trinajstić information content (AvgIpc) is 3.28. The van der Waals surface area contributed by atoms with Gasteiger partial charge in [-0.2, -0.15) is 10.2 Å². The number of benzene rings is 1. The van der Waals surface area contributed by atoms with E-state index in [4.69, 9.17) is 4.74 Å². The minimum Gasteiger partial charge on any atom is -0.494 e. The number of nitrogens with one attached hydrogen (secondary N) is 1. The molecule has 0 aliphatic carbocycles. The maximum absolute atomic E-state index is 12.6. The lowest BCUT2D eigenvalue weighted by atomic mass is 10.1. The molecule has 0 aliphatic rings. The molecule has 0 unspecified atom stereocenters. The number of aryl methyl sites for hydroxylation is 1. The van der Waals surface area contributed by atoms with Crippen LogP contribution in [0, 0.1) is 0 Å². The van der Waals surface area contributed by atoms with Gasteiger partial charge in [-0.1, -0.05) is 26.0 Å². The first-order valence-electron chi connectivity index (χ1n) is 8.93. The molecular formula is C20H25N5O2. The Kier molecular flexibility index (Phi) is 5.30. The van der Waals surface area contributed by atoms with Gasteiger partial charge in [0.25, 0.3) is 5.91 Å². The summed E-state index contributed by atoms with van der Waals surface area (Å²) in [4.78, 5) is 12.6. The van der Waals surface area contributed by atoms with Crippen LogP contribution in [0.15, 0.2) is 42.7 Å². The normalized spacial score (nSPS) is 12.2. The molecule has 1 aromatic carbocycles. The van der Waals surface area contributed by atoms with Gasteiger partial charge in [-0.3, -0.25) is 9.48 Å². The third kappa shape index (κ3) is 3.86. The molecule has 27 heavy (non-hydrogen) atoms. The van der Waals surface area contributed by atoms with Crippen molar-refractivity contribution in [3.05, 3.63) is 59.7 Å². The first-order chi connectivity index (χ1) is 12.9. The van der Waals surface area contributed by atoms with Crippen LogP contribution in [-0.4, -0.2) is 32.6 Å². The lowest BCUT2D eigenvalue weighted by molar-refractivity contribution is 0.0930. The van der Waals surface area contributed by atoms with Crippen molar-refractivity contribution >= 4 is 5.91 Å². The average molecular weight is 367 g/mol. The van der Waals surface area contributed by atoms with Crippen molar-refractivity contribution in [2.75, 3.05) is 7.11 Å². The Hall–Kier alpha value is -3.09. The smallest absolute Gasteiger partial charge is 0.270 e. The van der Waals surface area contributed by atoms with Crippen LogP contribution >= 0.6 is 0 Å². The van der Waals surface area contributed by atoms with Gasteiger partial charge < -0.3 is 10.1 Å². The van der Waals surface area contributed by atoms with Gasteiger partial charge in [-0.05, 0) is 31.0 Å². The van der Waals surface area contributed by atoms with E-state index in [9.17, 15) is 4.79 Å². The summed E-state index contributed by atoms with van der Waals surface area (Å²) in [7, 11) is 3.41. The second-order valence-electron chi connectivity index (χ2n) is 6.82. The highest BCUT2D eigenvalue weighted by Crippen LogP contribution is 2.23. The number of aromatic nitrogens is 4.